The molecular formula is C18H15FN4O2. The van der Waals surface area contributed by atoms with Crippen molar-refractivity contribution >= 4 is 5.97 Å². The molecule has 126 valence electrons. The second-order valence-corrected chi connectivity index (χ2v) is 6.06. The number of carboxylic acid groups (broad SMARTS) is 1. The molecule has 6 nitrogen and oxygen atoms in total. The molecule has 1 fully saturated rings. The van der Waals surface area contributed by atoms with Gasteiger partial charge in [0.05, 0.1) is 5.69 Å². The van der Waals surface area contributed by atoms with E-state index in [1.54, 1.807) is 30.5 Å². The molecule has 1 aromatic carbocycles. The van der Waals surface area contributed by atoms with Gasteiger partial charge in [0.15, 0.2) is 11.6 Å². The molecule has 2 aromatic heterocycles. The molecule has 25 heavy (non-hydrogen) atoms. The van der Waals surface area contributed by atoms with Crippen LogP contribution in [0.3, 0.4) is 0 Å². The molecular weight excluding hydrogens is 323 g/mol. The molecule has 0 unspecified atom stereocenters. The van der Waals surface area contributed by atoms with Gasteiger partial charge < -0.3 is 5.11 Å². The predicted octanol–water partition coefficient (Wildman–Crippen LogP) is 3.11. The molecule has 0 amide bonds. The third kappa shape index (κ3) is 3.26. The van der Waals surface area contributed by atoms with E-state index >= 15 is 0 Å². The fourth-order valence-corrected chi connectivity index (χ4v) is 2.67. The Hall–Kier alpha value is -3.09. The van der Waals surface area contributed by atoms with Crippen LogP contribution in [0.25, 0.3) is 22.6 Å². The molecule has 0 bridgehead atoms. The van der Waals surface area contributed by atoms with Gasteiger partial charge in [0.25, 0.3) is 0 Å². The van der Waals surface area contributed by atoms with Crippen molar-refractivity contribution in [2.75, 3.05) is 0 Å². The largest absolute Gasteiger partial charge is 0.480 e. The van der Waals surface area contributed by atoms with Gasteiger partial charge in [-0.1, -0.05) is 12.1 Å². The molecule has 0 spiro atoms. The number of carbonyl (C=O) groups is 1. The zero-order valence-corrected chi connectivity index (χ0v) is 13.3. The van der Waals surface area contributed by atoms with Crippen LogP contribution in [0.15, 0.2) is 42.6 Å². The van der Waals surface area contributed by atoms with E-state index in [4.69, 9.17) is 5.11 Å². The lowest BCUT2D eigenvalue weighted by molar-refractivity contribution is -0.137. The Balaban J connectivity index is 1.68. The zero-order chi connectivity index (χ0) is 17.4. The van der Waals surface area contributed by atoms with E-state index in [2.05, 4.69) is 15.1 Å². The Kier molecular flexibility index (Phi) is 3.76. The molecule has 0 atom stereocenters. The minimum absolute atomic E-state index is 0.249. The van der Waals surface area contributed by atoms with E-state index in [-0.39, 0.29) is 12.4 Å². The molecule has 4 rings (SSSR count). The van der Waals surface area contributed by atoms with E-state index in [0.29, 0.717) is 34.4 Å². The van der Waals surface area contributed by atoms with Gasteiger partial charge in [0.2, 0.25) is 0 Å². The van der Waals surface area contributed by atoms with E-state index in [9.17, 15) is 9.18 Å². The van der Waals surface area contributed by atoms with Crippen LogP contribution in [0.4, 0.5) is 4.39 Å². The number of aliphatic carboxylic acids is 1. The minimum Gasteiger partial charge on any atom is -0.480 e. The Bertz CT molecular complexity index is 933. The summed E-state index contributed by atoms with van der Waals surface area (Å²) >= 11 is 0. The van der Waals surface area contributed by atoms with Gasteiger partial charge in [-0.15, -0.1) is 0 Å². The molecule has 1 saturated carbocycles. The fraction of sp³-hybridized carbons (Fsp3) is 0.222. The van der Waals surface area contributed by atoms with E-state index < -0.39 is 5.97 Å². The number of nitrogens with zero attached hydrogens (tertiary/aromatic N) is 4. The van der Waals surface area contributed by atoms with Gasteiger partial charge in [0.1, 0.15) is 12.4 Å². The summed E-state index contributed by atoms with van der Waals surface area (Å²) in [5.74, 6) is 0.206. The molecule has 2 heterocycles. The van der Waals surface area contributed by atoms with Crippen LogP contribution in [0.1, 0.15) is 24.6 Å². The number of halogens is 1. The van der Waals surface area contributed by atoms with Gasteiger partial charge in [-0.25, -0.2) is 14.1 Å². The van der Waals surface area contributed by atoms with E-state index in [0.717, 1.165) is 12.8 Å². The van der Waals surface area contributed by atoms with Crippen molar-refractivity contribution in [3.05, 3.63) is 54.2 Å². The standard InChI is InChI=1S/C18H15FN4O2/c19-14-3-1-2-12(8-14)15-7-6-13(9-20-15)18-21-17(11-4-5-11)22-23(18)10-16(24)25/h1-3,6-9,11H,4-5,10H2,(H,24,25). The summed E-state index contributed by atoms with van der Waals surface area (Å²) in [6.45, 7) is -0.249. The number of carboxylic acids is 1. The van der Waals surface area contributed by atoms with Crippen molar-refractivity contribution in [3.63, 3.8) is 0 Å². The molecule has 1 aliphatic rings. The molecule has 0 aliphatic heterocycles. The summed E-state index contributed by atoms with van der Waals surface area (Å²) in [5, 5.41) is 13.4. The van der Waals surface area contributed by atoms with Crippen LogP contribution >= 0.6 is 0 Å². The first-order valence-corrected chi connectivity index (χ1v) is 7.99. The molecule has 1 N–H and O–H groups in total. The predicted molar refractivity (Wildman–Crippen MR) is 88.3 cm³/mol. The number of rotatable bonds is 5. The van der Waals surface area contributed by atoms with Gasteiger partial charge in [-0.3, -0.25) is 9.78 Å². The minimum atomic E-state index is -0.974. The van der Waals surface area contributed by atoms with Crippen LogP contribution < -0.4 is 0 Å². The van der Waals surface area contributed by atoms with Crippen molar-refractivity contribution in [1.29, 1.82) is 0 Å². The lowest BCUT2D eigenvalue weighted by Gasteiger charge is -2.05. The second-order valence-electron chi connectivity index (χ2n) is 6.06. The van der Waals surface area contributed by atoms with Crippen molar-refractivity contribution in [2.24, 2.45) is 0 Å². The Labute approximate surface area is 143 Å². The Morgan fingerprint density at radius 1 is 1.24 bits per heavy atom. The lowest BCUT2D eigenvalue weighted by atomic mass is 10.1. The maximum Gasteiger partial charge on any atom is 0.325 e. The third-order valence-electron chi connectivity index (χ3n) is 4.06. The van der Waals surface area contributed by atoms with Gasteiger partial charge in [-0.05, 0) is 37.1 Å². The first-order chi connectivity index (χ1) is 12.1. The average Bonchev–Trinajstić information content (AvgIpc) is 3.36. The fourth-order valence-electron chi connectivity index (χ4n) is 2.67. The maximum atomic E-state index is 13.4. The van der Waals surface area contributed by atoms with Crippen LogP contribution in [0.2, 0.25) is 0 Å². The number of pyridine rings is 1. The normalized spacial score (nSPS) is 13.8. The summed E-state index contributed by atoms with van der Waals surface area (Å²) in [7, 11) is 0. The summed E-state index contributed by atoms with van der Waals surface area (Å²) < 4.78 is 14.7. The highest BCUT2D eigenvalue weighted by atomic mass is 19.1. The SMILES string of the molecule is O=C(O)Cn1nc(C2CC2)nc1-c1ccc(-c2cccc(F)c2)nc1. The quantitative estimate of drug-likeness (QED) is 0.773. The van der Waals surface area contributed by atoms with Crippen molar-refractivity contribution in [3.8, 4) is 22.6 Å². The second kappa shape index (κ2) is 6.08. The highest BCUT2D eigenvalue weighted by Gasteiger charge is 2.29. The topological polar surface area (TPSA) is 80.9 Å². The van der Waals surface area contributed by atoms with Crippen LogP contribution in [-0.4, -0.2) is 30.8 Å². The van der Waals surface area contributed by atoms with Gasteiger partial charge in [0, 0.05) is 23.2 Å². The van der Waals surface area contributed by atoms with Crippen molar-refractivity contribution in [1.82, 2.24) is 19.7 Å². The van der Waals surface area contributed by atoms with Crippen molar-refractivity contribution in [2.45, 2.75) is 25.3 Å². The number of aromatic nitrogens is 4. The molecule has 3 aromatic rings. The van der Waals surface area contributed by atoms with Crippen LogP contribution in [-0.2, 0) is 11.3 Å². The number of benzene rings is 1. The Morgan fingerprint density at radius 3 is 2.72 bits per heavy atom. The average molecular weight is 338 g/mol. The molecule has 1 aliphatic carbocycles. The highest BCUT2D eigenvalue weighted by Crippen LogP contribution is 2.39. The first kappa shape index (κ1) is 15.4. The molecule has 0 radical (unpaired) electrons. The van der Waals surface area contributed by atoms with Crippen LogP contribution in [0, 0.1) is 5.82 Å². The highest BCUT2D eigenvalue weighted by molar-refractivity contribution is 5.68. The first-order valence-electron chi connectivity index (χ1n) is 7.99. The lowest BCUT2D eigenvalue weighted by Crippen LogP contribution is -2.11. The van der Waals surface area contributed by atoms with Crippen LogP contribution in [0.5, 0.6) is 0 Å². The van der Waals surface area contributed by atoms with E-state index in [1.807, 2.05) is 0 Å². The summed E-state index contributed by atoms with van der Waals surface area (Å²) in [5.41, 5.74) is 1.99. The Morgan fingerprint density at radius 2 is 2.08 bits per heavy atom. The van der Waals surface area contributed by atoms with Crippen molar-refractivity contribution < 1.29 is 14.3 Å². The summed E-state index contributed by atoms with van der Waals surface area (Å²) in [6, 6.07) is 9.77. The van der Waals surface area contributed by atoms with E-state index in [1.165, 1.54) is 16.8 Å². The molecule has 7 heteroatoms. The van der Waals surface area contributed by atoms with Gasteiger partial charge >= 0.3 is 5.97 Å². The number of hydrogen-bond donors (Lipinski definition) is 1. The third-order valence-corrected chi connectivity index (χ3v) is 4.06. The number of hydrogen-bond acceptors (Lipinski definition) is 4. The summed E-state index contributed by atoms with van der Waals surface area (Å²) in [6.07, 6.45) is 3.68. The smallest absolute Gasteiger partial charge is 0.325 e. The monoisotopic (exact) mass is 338 g/mol. The summed E-state index contributed by atoms with van der Waals surface area (Å²) in [4.78, 5) is 19.9. The zero-order valence-electron chi connectivity index (χ0n) is 13.3. The van der Waals surface area contributed by atoms with Gasteiger partial charge in [-0.2, -0.15) is 5.10 Å². The maximum absolute atomic E-state index is 13.4. The molecule has 0 saturated heterocycles.